The summed E-state index contributed by atoms with van der Waals surface area (Å²) in [6, 6.07) is 6.32. The summed E-state index contributed by atoms with van der Waals surface area (Å²) in [6.07, 6.45) is 12.4. The molecule has 14 heteroatoms. The molecule has 0 bridgehead atoms. The molecule has 1 unspecified atom stereocenters. The molecule has 52 heavy (non-hydrogen) atoms. The van der Waals surface area contributed by atoms with Gasteiger partial charge in [0.2, 0.25) is 5.69 Å². The van der Waals surface area contributed by atoms with Gasteiger partial charge in [0.25, 0.3) is 0 Å². The smallest absolute Gasteiger partial charge is 0.748 e. The van der Waals surface area contributed by atoms with Crippen LogP contribution < -0.4 is 39.2 Å². The van der Waals surface area contributed by atoms with E-state index in [1.54, 1.807) is 0 Å². The molecule has 4 aliphatic heterocycles. The van der Waals surface area contributed by atoms with E-state index in [2.05, 4.69) is 37.8 Å². The molecular weight excluding hydrogens is 716 g/mol. The summed E-state index contributed by atoms with van der Waals surface area (Å²) in [4.78, 5) is 13.6. The van der Waals surface area contributed by atoms with E-state index in [-0.39, 0.29) is 60.8 Å². The molecule has 0 aliphatic carbocycles. The molecule has 0 saturated heterocycles. The SMILES string of the molecule is CC(C)(C)C1=C/C(=C\C=C\C2=[N+](CCCS(=O)(=O)[O-])c3ccc(S(=O)(=O)[O-])cc3C2(C)CCCC(=O)O)c2cc3c4c(c2O1)CCCN4CCC3.[Na+]. The number of carboxylic acid groups (broad SMARTS) is 1. The van der Waals surface area contributed by atoms with Gasteiger partial charge in [0, 0.05) is 71.6 Å². The first-order valence-corrected chi connectivity index (χ1v) is 20.5. The van der Waals surface area contributed by atoms with Crippen molar-refractivity contribution >= 4 is 48.9 Å². The number of hydrogen-bond acceptors (Lipinski definition) is 9. The van der Waals surface area contributed by atoms with Gasteiger partial charge in [0.1, 0.15) is 28.2 Å². The molecule has 0 saturated carbocycles. The van der Waals surface area contributed by atoms with E-state index < -0.39 is 42.3 Å². The van der Waals surface area contributed by atoms with Crippen LogP contribution in [0.4, 0.5) is 11.4 Å². The topological polar surface area (TPSA) is 167 Å². The Morgan fingerprint density at radius 1 is 1.08 bits per heavy atom. The maximum Gasteiger partial charge on any atom is 1.00 e. The Balaban J connectivity index is 0.00000523. The fraction of sp³-hybridized carbons (Fsp3) is 0.474. The van der Waals surface area contributed by atoms with E-state index in [4.69, 9.17) is 4.74 Å². The second kappa shape index (κ2) is 15.2. The quantitative estimate of drug-likeness (QED) is 0.205. The number of hydrogen-bond donors (Lipinski definition) is 1. The molecule has 0 radical (unpaired) electrons. The van der Waals surface area contributed by atoms with Gasteiger partial charge in [0.15, 0.2) is 5.71 Å². The van der Waals surface area contributed by atoms with E-state index >= 15 is 0 Å². The Morgan fingerprint density at radius 3 is 2.44 bits per heavy atom. The summed E-state index contributed by atoms with van der Waals surface area (Å²) in [5, 5.41) is 9.44. The van der Waals surface area contributed by atoms with Crippen LogP contribution >= 0.6 is 0 Å². The van der Waals surface area contributed by atoms with Gasteiger partial charge in [-0.2, -0.15) is 4.58 Å². The number of anilines is 1. The van der Waals surface area contributed by atoms with Gasteiger partial charge in [-0.05, 0) is 80.9 Å². The van der Waals surface area contributed by atoms with Crippen molar-refractivity contribution in [2.75, 3.05) is 30.3 Å². The fourth-order valence-electron chi connectivity index (χ4n) is 7.95. The van der Waals surface area contributed by atoms with Gasteiger partial charge in [-0.3, -0.25) is 4.79 Å². The third-order valence-electron chi connectivity index (χ3n) is 10.4. The molecule has 0 amide bonds. The minimum Gasteiger partial charge on any atom is -0.748 e. The fourth-order valence-corrected chi connectivity index (χ4v) is 8.93. The summed E-state index contributed by atoms with van der Waals surface area (Å²) in [6.45, 7) is 10.4. The normalized spacial score (nSPS) is 20.6. The zero-order valence-corrected chi connectivity index (χ0v) is 34.2. The third kappa shape index (κ3) is 8.30. The first kappa shape index (κ1) is 40.4. The van der Waals surface area contributed by atoms with Crippen molar-refractivity contribution < 1.29 is 74.7 Å². The number of aliphatic carboxylic acids is 1. The van der Waals surface area contributed by atoms with Crippen LogP contribution in [0.3, 0.4) is 0 Å². The van der Waals surface area contributed by atoms with Crippen LogP contribution in [0.5, 0.6) is 5.75 Å². The van der Waals surface area contributed by atoms with Crippen LogP contribution in [-0.2, 0) is 43.3 Å². The zero-order chi connectivity index (χ0) is 36.9. The average molecular weight is 761 g/mol. The molecule has 4 aliphatic rings. The number of fused-ring (bicyclic) bond motifs is 3. The first-order chi connectivity index (χ1) is 23.9. The van der Waals surface area contributed by atoms with Crippen molar-refractivity contribution in [3.8, 4) is 5.75 Å². The number of aryl methyl sites for hydroxylation is 1. The van der Waals surface area contributed by atoms with Crippen molar-refractivity contribution in [2.45, 2.75) is 89.4 Å². The number of allylic oxidation sites excluding steroid dienone is 6. The molecular formula is C38H45N2NaO9S2. The summed E-state index contributed by atoms with van der Waals surface area (Å²) in [7, 11) is -9.31. The van der Waals surface area contributed by atoms with Crippen LogP contribution in [0, 0.1) is 5.41 Å². The largest absolute Gasteiger partial charge is 1.00 e. The minimum atomic E-state index is -4.81. The van der Waals surface area contributed by atoms with Gasteiger partial charge in [0.05, 0.1) is 20.4 Å². The monoisotopic (exact) mass is 760 g/mol. The van der Waals surface area contributed by atoms with Gasteiger partial charge in [-0.15, -0.1) is 0 Å². The number of carboxylic acids is 1. The van der Waals surface area contributed by atoms with Crippen molar-refractivity contribution in [3.63, 3.8) is 0 Å². The number of rotatable bonds is 11. The Bertz CT molecular complexity index is 2130. The van der Waals surface area contributed by atoms with Crippen LogP contribution in [0.15, 0.2) is 59.2 Å². The molecule has 1 atom stereocenters. The molecule has 274 valence electrons. The van der Waals surface area contributed by atoms with Crippen molar-refractivity contribution in [3.05, 3.63) is 76.6 Å². The summed E-state index contributed by atoms with van der Waals surface area (Å²) >= 11 is 0. The Kier molecular flexibility index (Phi) is 11.8. The molecule has 0 fully saturated rings. The van der Waals surface area contributed by atoms with Crippen molar-refractivity contribution in [2.24, 2.45) is 5.41 Å². The number of nitrogens with zero attached hydrogens (tertiary/aromatic N) is 2. The Labute approximate surface area is 328 Å². The predicted molar refractivity (Wildman–Crippen MR) is 193 cm³/mol. The second-order valence-corrected chi connectivity index (χ2v) is 18.0. The summed E-state index contributed by atoms with van der Waals surface area (Å²) in [5.41, 5.74) is 6.38. The van der Waals surface area contributed by atoms with Crippen LogP contribution in [-0.4, -0.2) is 72.7 Å². The van der Waals surface area contributed by atoms with Gasteiger partial charge in [-0.25, -0.2) is 16.8 Å². The molecule has 2 aromatic rings. The molecule has 6 rings (SSSR count). The number of benzene rings is 2. The van der Waals surface area contributed by atoms with Crippen LogP contribution in [0.25, 0.3) is 5.57 Å². The van der Waals surface area contributed by atoms with Gasteiger partial charge in [-0.1, -0.05) is 32.9 Å². The molecule has 4 heterocycles. The summed E-state index contributed by atoms with van der Waals surface area (Å²) < 4.78 is 79.5. The first-order valence-electron chi connectivity index (χ1n) is 17.5. The molecule has 2 aromatic carbocycles. The average Bonchev–Trinajstić information content (AvgIpc) is 3.26. The number of carbonyl (C=O) groups is 1. The molecule has 0 spiro atoms. The standard InChI is InChI=1S/C38H46N2O9S2.Na/c1-37(2,3)33-23-25(29-22-26-11-7-18-39-19-8-12-28(35(26)39)36(29)49-33)10-5-13-32-38(4,17-6-14-34(41)42)30-24-27(51(46,47)48)15-16-31(30)40(32)20-9-21-50(43,44)45;/h5,10,13,15-16,22-24H,6-9,11-12,14,17-21H2,1-4H3,(H2-,41,42,43,44,45,46,47,48);/q;+1/p-1. The maximum atomic E-state index is 12.1. The molecule has 1 N–H and O–H groups in total. The second-order valence-electron chi connectivity index (χ2n) is 15.1. The van der Waals surface area contributed by atoms with E-state index in [1.165, 1.54) is 35.0 Å². The van der Waals surface area contributed by atoms with E-state index in [9.17, 15) is 35.8 Å². The number of ether oxygens (including phenoxy) is 1. The summed E-state index contributed by atoms with van der Waals surface area (Å²) in [5.74, 6) is 0.156. The molecule has 11 nitrogen and oxygen atoms in total. The van der Waals surface area contributed by atoms with E-state index in [0.29, 0.717) is 23.4 Å². The zero-order valence-electron chi connectivity index (χ0n) is 30.5. The van der Waals surface area contributed by atoms with E-state index in [1.807, 2.05) is 29.7 Å². The third-order valence-corrected chi connectivity index (χ3v) is 12.0. The molecule has 0 aromatic heterocycles. The van der Waals surface area contributed by atoms with E-state index in [0.717, 1.165) is 61.4 Å². The van der Waals surface area contributed by atoms with Crippen LogP contribution in [0.1, 0.15) is 88.5 Å². The van der Waals surface area contributed by atoms with Gasteiger partial charge >= 0.3 is 35.5 Å². The maximum absolute atomic E-state index is 12.1. The minimum absolute atomic E-state index is 0. The Morgan fingerprint density at radius 2 is 1.79 bits per heavy atom. The van der Waals surface area contributed by atoms with Gasteiger partial charge < -0.3 is 23.8 Å². The Hall–Kier alpha value is -2.78. The van der Waals surface area contributed by atoms with Crippen molar-refractivity contribution in [1.82, 2.24) is 0 Å². The van der Waals surface area contributed by atoms with Crippen molar-refractivity contribution in [1.29, 1.82) is 0 Å². The van der Waals surface area contributed by atoms with Crippen LogP contribution in [0.2, 0.25) is 0 Å². The predicted octanol–water partition coefficient (Wildman–Crippen LogP) is 2.80.